The summed E-state index contributed by atoms with van der Waals surface area (Å²) in [6.45, 7) is 18.2. The van der Waals surface area contributed by atoms with E-state index in [0.717, 1.165) is 0 Å². The predicted molar refractivity (Wildman–Crippen MR) is 286 cm³/mol. The van der Waals surface area contributed by atoms with Crippen LogP contribution in [-0.4, -0.2) is 190 Å². The average molecular weight is 1100 g/mol. The van der Waals surface area contributed by atoms with Gasteiger partial charge < -0.3 is 60.0 Å². The largest absolute Gasteiger partial charge is 0.497 e. The number of aliphatic hydroxyl groups is 2. The van der Waals surface area contributed by atoms with Crippen LogP contribution in [0.3, 0.4) is 0 Å². The van der Waals surface area contributed by atoms with Crippen LogP contribution in [0.25, 0.3) is 0 Å². The zero-order valence-corrected chi connectivity index (χ0v) is 48.1. The van der Waals surface area contributed by atoms with Gasteiger partial charge in [-0.1, -0.05) is 67.5 Å². The van der Waals surface area contributed by atoms with Crippen LogP contribution < -0.4 is 20.7 Å². The number of aliphatic hydroxyl groups excluding tert-OH is 2. The van der Waals surface area contributed by atoms with E-state index in [0.29, 0.717) is 24.2 Å². The van der Waals surface area contributed by atoms with Gasteiger partial charge in [-0.05, 0) is 101 Å². The third kappa shape index (κ3) is 16.5. The Bertz CT molecular complexity index is 2310. The van der Waals surface area contributed by atoms with Crippen LogP contribution >= 0.6 is 0 Å². The summed E-state index contributed by atoms with van der Waals surface area (Å²) in [7, 11) is 4.28. The lowest BCUT2D eigenvalue weighted by atomic mass is 9.92. The minimum atomic E-state index is -1.76. The van der Waals surface area contributed by atoms with Gasteiger partial charge in [0, 0.05) is 33.6 Å². The second-order valence-corrected chi connectivity index (χ2v) is 22.8. The summed E-state index contributed by atoms with van der Waals surface area (Å²) >= 11 is 0. The second-order valence-electron chi connectivity index (χ2n) is 22.8. The Morgan fingerprint density at radius 1 is 0.833 bits per heavy atom. The zero-order chi connectivity index (χ0) is 58.6. The molecule has 3 heterocycles. The van der Waals surface area contributed by atoms with E-state index in [1.54, 1.807) is 52.0 Å². The van der Waals surface area contributed by atoms with E-state index in [2.05, 4.69) is 16.0 Å². The molecule has 3 aliphatic rings. The molecule has 0 aromatic heterocycles. The summed E-state index contributed by atoms with van der Waals surface area (Å²) in [4.78, 5) is 148. The van der Waals surface area contributed by atoms with Crippen molar-refractivity contribution in [2.75, 3.05) is 34.3 Å². The number of likely N-dealkylation sites (N-methyl/N-ethyl adjacent to an activating group) is 2. The van der Waals surface area contributed by atoms with Crippen molar-refractivity contribution in [2.24, 2.45) is 29.6 Å². The van der Waals surface area contributed by atoms with Crippen molar-refractivity contribution in [3.05, 3.63) is 29.8 Å². The number of hydrogen-bond donors (Lipinski definition) is 5. The summed E-state index contributed by atoms with van der Waals surface area (Å²) < 4.78 is 17.2. The first-order chi connectivity index (χ1) is 36.5. The molecule has 3 fully saturated rings. The topological polar surface area (TPSA) is 288 Å². The number of ketones is 1. The Morgan fingerprint density at radius 3 is 2.03 bits per heavy atom. The molecule has 4 rings (SSSR count). The van der Waals surface area contributed by atoms with E-state index in [9.17, 15) is 58.2 Å². The maximum atomic E-state index is 14.9. The molecule has 0 aliphatic carbocycles. The summed E-state index contributed by atoms with van der Waals surface area (Å²) in [5.74, 6) is -10.3. The molecule has 0 saturated carbocycles. The lowest BCUT2D eigenvalue weighted by molar-refractivity contribution is -0.163. The van der Waals surface area contributed by atoms with Crippen LogP contribution in [-0.2, 0) is 63.8 Å². The van der Waals surface area contributed by atoms with Crippen molar-refractivity contribution in [1.29, 1.82) is 0 Å². The number of carbonyl (C=O) groups is 10. The highest BCUT2D eigenvalue weighted by Crippen LogP contribution is 2.27. The fourth-order valence-electron chi connectivity index (χ4n) is 10.4. The van der Waals surface area contributed by atoms with Gasteiger partial charge >= 0.3 is 11.9 Å². The minimum absolute atomic E-state index is 0.0711. The van der Waals surface area contributed by atoms with Gasteiger partial charge in [0.2, 0.25) is 35.4 Å². The van der Waals surface area contributed by atoms with E-state index in [4.69, 9.17) is 14.2 Å². The first kappa shape index (κ1) is 64.4. The van der Waals surface area contributed by atoms with E-state index in [1.165, 1.54) is 61.6 Å². The highest BCUT2D eigenvalue weighted by atomic mass is 16.6. The SMILES string of the molecule is COc1ccc(C[C@H]2C(=O)O[C@@H](C)[C@@H](NC(=O)[C@H](CC(C)C)N(C)C(=O)[C@H]3CCCN3C(=O)[C@H](C)O)C(=O)N[C@@H](C(C)C)[C@@H](O)CC(=O)O[C@H](C(C)C)C(=O)[C@H](C)C(=O)N[C@@H](CC(C)C)C(=O)N3CCC[C@@H]3C(=O)N2C)cc1. The predicted octanol–water partition coefficient (Wildman–Crippen LogP) is 1.93. The van der Waals surface area contributed by atoms with Gasteiger partial charge in [0.15, 0.2) is 11.9 Å². The number of rotatable bonds is 14. The maximum Gasteiger partial charge on any atom is 0.329 e. The summed E-state index contributed by atoms with van der Waals surface area (Å²) in [6, 6.07) is -2.21. The van der Waals surface area contributed by atoms with Gasteiger partial charge in [0.25, 0.3) is 5.91 Å². The Morgan fingerprint density at radius 2 is 1.46 bits per heavy atom. The van der Waals surface area contributed by atoms with Crippen LogP contribution in [0.5, 0.6) is 5.75 Å². The molecule has 78 heavy (non-hydrogen) atoms. The molecule has 7 amide bonds. The zero-order valence-electron chi connectivity index (χ0n) is 48.1. The number of benzene rings is 1. The molecule has 0 spiro atoms. The standard InChI is InChI=1S/C56H87N7O15/c1-29(2)25-38-53(72)63-24-16-18-40(63)55(74)61(13)42(27-36-19-21-37(76-14)22-20-36)56(75)77-35(11)46(59-50(69)41(26-30(3)4)60(12)54(73)39-17-15-23-62(39)52(71)34(10)64)51(70)58-45(31(5)6)43(65)28-44(66)78-48(32(7)8)47(67)33(9)49(68)57-38/h19-22,29-35,38-43,45-46,48,64-65H,15-18,23-28H2,1-14H3,(H,57,68)(H,58,70)(H,59,69)/t33-,34-,35-,38-,39+,40+,41-,42-,43-,45-,46+,48+/m0/s1. The summed E-state index contributed by atoms with van der Waals surface area (Å²) in [5.41, 5.74) is 0.569. The molecule has 22 nitrogen and oxygen atoms in total. The number of carbonyl (C=O) groups excluding carboxylic acids is 10. The van der Waals surface area contributed by atoms with Gasteiger partial charge in [-0.3, -0.25) is 43.2 Å². The number of ether oxygens (including phenoxy) is 3. The van der Waals surface area contributed by atoms with E-state index < -0.39 is 150 Å². The van der Waals surface area contributed by atoms with E-state index in [-0.39, 0.29) is 57.0 Å². The van der Waals surface area contributed by atoms with Crippen molar-refractivity contribution >= 4 is 59.1 Å². The molecule has 436 valence electrons. The molecule has 0 unspecified atom stereocenters. The lowest BCUT2D eigenvalue weighted by Gasteiger charge is -2.36. The van der Waals surface area contributed by atoms with Gasteiger partial charge in [-0.2, -0.15) is 0 Å². The molecule has 5 N–H and O–H groups in total. The van der Waals surface area contributed by atoms with Crippen molar-refractivity contribution in [1.82, 2.24) is 35.6 Å². The van der Waals surface area contributed by atoms with Crippen LogP contribution in [0, 0.1) is 29.6 Å². The molecule has 0 radical (unpaired) electrons. The van der Waals surface area contributed by atoms with Gasteiger partial charge in [-0.25, -0.2) is 4.79 Å². The number of nitrogens with one attached hydrogen (secondary N) is 3. The number of esters is 2. The molecule has 3 aliphatic heterocycles. The van der Waals surface area contributed by atoms with Gasteiger partial charge in [0.1, 0.15) is 54.2 Å². The quantitative estimate of drug-likeness (QED) is 0.131. The number of amides is 7. The van der Waals surface area contributed by atoms with Crippen molar-refractivity contribution in [3.63, 3.8) is 0 Å². The highest BCUT2D eigenvalue weighted by Gasteiger charge is 2.46. The Balaban J connectivity index is 1.87. The number of methoxy groups -OCH3 is 1. The number of cyclic esters (lactones) is 2. The molecule has 3 saturated heterocycles. The van der Waals surface area contributed by atoms with E-state index in [1.807, 2.05) is 27.7 Å². The third-order valence-corrected chi connectivity index (χ3v) is 14.9. The van der Waals surface area contributed by atoms with Crippen molar-refractivity contribution in [3.8, 4) is 5.75 Å². The summed E-state index contributed by atoms with van der Waals surface area (Å²) in [5, 5.41) is 30.0. The Labute approximate surface area is 459 Å². The van der Waals surface area contributed by atoms with Crippen LogP contribution in [0.4, 0.5) is 0 Å². The number of fused-ring (bicyclic) bond motifs is 1. The van der Waals surface area contributed by atoms with Crippen LogP contribution in [0.2, 0.25) is 0 Å². The van der Waals surface area contributed by atoms with Gasteiger partial charge in [-0.15, -0.1) is 0 Å². The van der Waals surface area contributed by atoms with Crippen LogP contribution in [0.15, 0.2) is 24.3 Å². The van der Waals surface area contributed by atoms with Crippen molar-refractivity contribution in [2.45, 2.75) is 194 Å². The number of hydrogen-bond acceptors (Lipinski definition) is 15. The molecule has 12 atom stereocenters. The lowest BCUT2D eigenvalue weighted by Crippen LogP contribution is -2.62. The molecular formula is C56H87N7O15. The molecule has 0 bridgehead atoms. The fourth-order valence-corrected chi connectivity index (χ4v) is 10.4. The average Bonchev–Trinajstić information content (AvgIpc) is 4.08. The molecular weight excluding hydrogens is 1010 g/mol. The van der Waals surface area contributed by atoms with Crippen molar-refractivity contribution < 1.29 is 72.4 Å². The number of Topliss-reactive ketones (excluding diaryl/α,β-unsaturated/α-hetero) is 1. The maximum absolute atomic E-state index is 14.9. The molecule has 1 aromatic carbocycles. The Kier molecular flexibility index (Phi) is 23.6. The third-order valence-electron chi connectivity index (χ3n) is 14.9. The summed E-state index contributed by atoms with van der Waals surface area (Å²) in [6.07, 6.45) is -5.36. The number of likely N-dealkylation sites (tertiary alicyclic amines) is 1. The molecule has 1 aromatic rings. The Hall–Kier alpha value is -6.16. The second kappa shape index (κ2) is 28.6. The minimum Gasteiger partial charge on any atom is -0.497 e. The normalized spacial score (nSPS) is 27.5. The van der Waals surface area contributed by atoms with Crippen LogP contribution in [0.1, 0.15) is 127 Å². The van der Waals surface area contributed by atoms with Gasteiger partial charge in [0.05, 0.1) is 31.6 Å². The van der Waals surface area contributed by atoms with E-state index >= 15 is 0 Å². The number of nitrogens with zero attached hydrogens (tertiary/aromatic N) is 4. The molecule has 22 heteroatoms. The smallest absolute Gasteiger partial charge is 0.329 e. The monoisotopic (exact) mass is 1100 g/mol. The highest BCUT2D eigenvalue weighted by molar-refractivity contribution is 6.05. The first-order valence-corrected chi connectivity index (χ1v) is 27.5. The fraction of sp³-hybridized carbons (Fsp3) is 0.714. The first-order valence-electron chi connectivity index (χ1n) is 27.5.